The molecule has 0 saturated heterocycles. The average Bonchev–Trinajstić information content (AvgIpc) is 2.88. The number of nitrogens with one attached hydrogen (secondary N) is 1. The fraction of sp³-hybridized carbons (Fsp3) is 0.778. The summed E-state index contributed by atoms with van der Waals surface area (Å²) in [5, 5.41) is 13.9. The number of carbonyl (C=O) groups is 6. The van der Waals surface area contributed by atoms with E-state index in [4.69, 9.17) is 50.4 Å². The Hall–Kier alpha value is -3.42. The molecule has 0 aromatic carbocycles. The lowest BCUT2D eigenvalue weighted by atomic mass is 9.83. The Morgan fingerprint density at radius 1 is 0.822 bits per heavy atom. The molecule has 1 saturated carbocycles. The molecule has 1 aliphatic rings. The highest BCUT2D eigenvalue weighted by Gasteiger charge is 2.49. The third-order valence-electron chi connectivity index (χ3n) is 6.46. The topological polar surface area (TPSA) is 277 Å². The summed E-state index contributed by atoms with van der Waals surface area (Å²) in [5.74, 6) is -4.51. The quantitative estimate of drug-likeness (QED) is 0.0662. The van der Waals surface area contributed by atoms with Crippen molar-refractivity contribution in [3.05, 3.63) is 0 Å². The average molecular weight is 651 g/mol. The summed E-state index contributed by atoms with van der Waals surface area (Å²) in [5.41, 5.74) is 17.9. The molecule has 0 aliphatic heterocycles. The van der Waals surface area contributed by atoms with E-state index in [0.717, 1.165) is 34.6 Å². The number of hydrogen-bond acceptors (Lipinski definition) is 17. The second-order valence-electron chi connectivity index (χ2n) is 10.5. The van der Waals surface area contributed by atoms with Crippen LogP contribution in [0.25, 0.3) is 0 Å². The zero-order valence-electron chi connectivity index (χ0n) is 26.5. The van der Waals surface area contributed by atoms with Gasteiger partial charge in [0.1, 0.15) is 30.5 Å². The molecule has 1 aliphatic carbocycles. The van der Waals surface area contributed by atoms with Crippen molar-refractivity contribution in [1.29, 1.82) is 0 Å². The minimum absolute atomic E-state index is 0.0114. The maximum absolute atomic E-state index is 12.9. The van der Waals surface area contributed by atoms with E-state index in [1.54, 1.807) is 0 Å². The van der Waals surface area contributed by atoms with Gasteiger partial charge < -0.3 is 55.0 Å². The highest BCUT2D eigenvalue weighted by molar-refractivity contribution is 5.83. The van der Waals surface area contributed by atoms with Gasteiger partial charge in [-0.3, -0.25) is 34.5 Å². The van der Waals surface area contributed by atoms with Gasteiger partial charge in [-0.05, 0) is 26.8 Å². The molecule has 7 unspecified atom stereocenters. The third kappa shape index (κ3) is 13.2. The summed E-state index contributed by atoms with van der Waals surface area (Å²) in [7, 11) is 0. The van der Waals surface area contributed by atoms with Crippen LogP contribution in [0.4, 0.5) is 0 Å². The van der Waals surface area contributed by atoms with Crippen LogP contribution in [0.3, 0.4) is 0 Å². The van der Waals surface area contributed by atoms with Gasteiger partial charge in [-0.2, -0.15) is 0 Å². The summed E-state index contributed by atoms with van der Waals surface area (Å²) in [6, 6.07) is -2.17. The third-order valence-corrected chi connectivity index (χ3v) is 6.46. The molecule has 1 amide bonds. The Kier molecular flexibility index (Phi) is 16.3. The van der Waals surface area contributed by atoms with Crippen LogP contribution in [0.15, 0.2) is 0 Å². The lowest BCUT2D eigenvalue weighted by molar-refractivity contribution is -0.285. The molecule has 1 rings (SSSR count). The SMILES string of the molecule is CC(=O)OC1C(NC(=O)[C@H](CCN)OC(C)=O)CC(N)C(OC(OC([C@H](C)OC(C)=O)[C@@H](C)OC(C)=O)[C@@H](N)OC(C)=O)C1O. The molecule has 0 heterocycles. The number of rotatable bonds is 16. The van der Waals surface area contributed by atoms with Gasteiger partial charge in [-0.15, -0.1) is 0 Å². The smallest absolute Gasteiger partial charge is 0.304 e. The summed E-state index contributed by atoms with van der Waals surface area (Å²) >= 11 is 0. The first-order chi connectivity index (χ1) is 20.9. The van der Waals surface area contributed by atoms with Crippen LogP contribution in [0.5, 0.6) is 0 Å². The van der Waals surface area contributed by atoms with Crippen LogP contribution in [0, 0.1) is 0 Å². The van der Waals surface area contributed by atoms with E-state index >= 15 is 0 Å². The number of carbonyl (C=O) groups excluding carboxylic acids is 6. The minimum atomic E-state index is -1.73. The van der Waals surface area contributed by atoms with Crippen molar-refractivity contribution in [1.82, 2.24) is 5.32 Å². The second-order valence-corrected chi connectivity index (χ2v) is 10.5. The van der Waals surface area contributed by atoms with Gasteiger partial charge in [-0.25, -0.2) is 0 Å². The Labute approximate surface area is 260 Å². The molecular weight excluding hydrogens is 604 g/mol. The fourth-order valence-electron chi connectivity index (χ4n) is 4.78. The molecule has 18 nitrogen and oxygen atoms in total. The molecular formula is C27H46N4O14. The highest BCUT2D eigenvalue weighted by Crippen LogP contribution is 2.28. The largest absolute Gasteiger partial charge is 0.460 e. The maximum atomic E-state index is 12.9. The molecule has 258 valence electrons. The van der Waals surface area contributed by atoms with Gasteiger partial charge in [0, 0.05) is 47.1 Å². The molecule has 0 bridgehead atoms. The van der Waals surface area contributed by atoms with E-state index in [9.17, 15) is 33.9 Å². The second kappa shape index (κ2) is 18.5. The van der Waals surface area contributed by atoms with Crippen LogP contribution >= 0.6 is 0 Å². The number of aliphatic hydroxyl groups is 1. The lowest BCUT2D eigenvalue weighted by Crippen LogP contribution is -2.66. The van der Waals surface area contributed by atoms with E-state index in [-0.39, 0.29) is 19.4 Å². The Morgan fingerprint density at radius 3 is 1.78 bits per heavy atom. The van der Waals surface area contributed by atoms with Crippen molar-refractivity contribution in [3.8, 4) is 0 Å². The van der Waals surface area contributed by atoms with Crippen LogP contribution in [0.2, 0.25) is 0 Å². The summed E-state index contributed by atoms with van der Waals surface area (Å²) in [4.78, 5) is 71.5. The first-order valence-corrected chi connectivity index (χ1v) is 14.2. The van der Waals surface area contributed by atoms with Crippen LogP contribution < -0.4 is 22.5 Å². The lowest BCUT2D eigenvalue weighted by Gasteiger charge is -2.44. The first kappa shape index (κ1) is 39.6. The van der Waals surface area contributed by atoms with E-state index in [1.807, 2.05) is 0 Å². The number of esters is 5. The first-order valence-electron chi connectivity index (χ1n) is 14.2. The van der Waals surface area contributed by atoms with Gasteiger partial charge in [0.15, 0.2) is 12.2 Å². The number of aliphatic hydroxyl groups excluding tert-OH is 1. The minimum Gasteiger partial charge on any atom is -0.460 e. The van der Waals surface area contributed by atoms with Crippen molar-refractivity contribution in [2.45, 2.75) is 129 Å². The van der Waals surface area contributed by atoms with Crippen molar-refractivity contribution in [2.75, 3.05) is 6.54 Å². The predicted molar refractivity (Wildman–Crippen MR) is 151 cm³/mol. The molecule has 0 spiro atoms. The molecule has 11 atom stereocenters. The van der Waals surface area contributed by atoms with E-state index < -0.39 is 103 Å². The monoisotopic (exact) mass is 650 g/mol. The van der Waals surface area contributed by atoms with E-state index in [0.29, 0.717) is 0 Å². The van der Waals surface area contributed by atoms with Crippen molar-refractivity contribution in [2.24, 2.45) is 17.2 Å². The summed E-state index contributed by atoms with van der Waals surface area (Å²) in [6.07, 6.45) is -12.7. The number of amides is 1. The number of nitrogens with two attached hydrogens (primary N) is 3. The zero-order chi connectivity index (χ0) is 34.6. The van der Waals surface area contributed by atoms with Crippen molar-refractivity contribution in [3.63, 3.8) is 0 Å². The van der Waals surface area contributed by atoms with Crippen LogP contribution in [0.1, 0.15) is 61.3 Å². The van der Waals surface area contributed by atoms with Crippen molar-refractivity contribution >= 4 is 35.8 Å². The summed E-state index contributed by atoms with van der Waals surface area (Å²) in [6.45, 7) is 8.45. The Bertz CT molecular complexity index is 1020. The zero-order valence-corrected chi connectivity index (χ0v) is 26.5. The number of ether oxygens (including phenoxy) is 7. The van der Waals surface area contributed by atoms with Crippen LogP contribution in [-0.4, -0.2) is 115 Å². The maximum Gasteiger partial charge on any atom is 0.304 e. The molecule has 8 N–H and O–H groups in total. The Morgan fingerprint density at radius 2 is 1.33 bits per heavy atom. The van der Waals surface area contributed by atoms with E-state index in [2.05, 4.69) is 5.32 Å². The standard InChI is InChI=1S/C27H46N4O14/c1-11(39-13(3)32)22(12(2)40-14(4)33)44-27(25(30)43-17(7)36)45-23-18(29)10-19(24(21(23)37)42-16(6)35)31-26(38)20(8-9-28)41-15(5)34/h11-12,18-25,27,37H,8-10,28-30H2,1-7H3,(H,31,38)/t11-,12+,18?,19?,20-,21?,22?,23?,24?,25-,27?/m0/s1. The van der Waals surface area contributed by atoms with Gasteiger partial charge in [0.25, 0.3) is 5.91 Å². The molecule has 0 radical (unpaired) electrons. The summed E-state index contributed by atoms with van der Waals surface area (Å²) < 4.78 is 37.7. The predicted octanol–water partition coefficient (Wildman–Crippen LogP) is -2.38. The van der Waals surface area contributed by atoms with Gasteiger partial charge in [0.2, 0.25) is 12.5 Å². The van der Waals surface area contributed by atoms with Crippen molar-refractivity contribution < 1.29 is 67.0 Å². The van der Waals surface area contributed by atoms with Gasteiger partial charge >= 0.3 is 29.8 Å². The normalized spacial score (nSPS) is 25.3. The highest BCUT2D eigenvalue weighted by atomic mass is 16.7. The molecule has 18 heteroatoms. The van der Waals surface area contributed by atoms with Crippen LogP contribution in [-0.2, 0) is 61.9 Å². The van der Waals surface area contributed by atoms with Gasteiger partial charge in [-0.1, -0.05) is 0 Å². The molecule has 0 aromatic rings. The van der Waals surface area contributed by atoms with E-state index in [1.165, 1.54) is 13.8 Å². The molecule has 45 heavy (non-hydrogen) atoms. The Balaban J connectivity index is 3.40. The number of hydrogen-bond donors (Lipinski definition) is 5. The molecule has 0 aromatic heterocycles. The molecule has 1 fully saturated rings. The fourth-order valence-corrected chi connectivity index (χ4v) is 4.78. The van der Waals surface area contributed by atoms with Gasteiger partial charge in [0.05, 0.1) is 6.04 Å².